The highest BCUT2D eigenvalue weighted by Gasteiger charge is 2.35. The minimum absolute atomic E-state index is 0.0000159. The van der Waals surface area contributed by atoms with E-state index in [2.05, 4.69) is 4.98 Å². The van der Waals surface area contributed by atoms with E-state index in [0.29, 0.717) is 0 Å². The fourth-order valence-corrected chi connectivity index (χ4v) is 2.98. The van der Waals surface area contributed by atoms with Crippen LogP contribution in [0.4, 0.5) is 26.3 Å². The topological polar surface area (TPSA) is 42.1 Å². The Kier molecular flexibility index (Phi) is 5.65. The number of rotatable bonds is 4. The summed E-state index contributed by atoms with van der Waals surface area (Å²) in [4.78, 5) is 15.1. The molecule has 0 aliphatic heterocycles. The molecule has 0 unspecified atom stereocenters. The number of carbonyl (C=O) groups is 1. The number of esters is 1. The average Bonchev–Trinajstić information content (AvgIpc) is 3.12. The van der Waals surface area contributed by atoms with Crippen LogP contribution in [-0.2, 0) is 17.1 Å². The lowest BCUT2D eigenvalue weighted by molar-refractivity contribution is -0.138. The zero-order valence-corrected chi connectivity index (χ0v) is 15.5. The van der Waals surface area contributed by atoms with Crippen LogP contribution in [0.2, 0.25) is 0 Å². The predicted molar refractivity (Wildman–Crippen MR) is 97.6 cm³/mol. The van der Waals surface area contributed by atoms with E-state index in [4.69, 9.17) is 4.74 Å². The number of carbonyl (C=O) groups excluding carboxylic acids is 1. The van der Waals surface area contributed by atoms with Gasteiger partial charge in [0.1, 0.15) is 0 Å². The van der Waals surface area contributed by atoms with E-state index in [9.17, 15) is 31.1 Å². The summed E-state index contributed by atoms with van der Waals surface area (Å²) < 4.78 is 83.7. The van der Waals surface area contributed by atoms with E-state index in [0.717, 1.165) is 18.2 Å². The molecule has 0 bridgehead atoms. The lowest BCUT2D eigenvalue weighted by Crippen LogP contribution is -2.09. The molecule has 0 amide bonds. The Morgan fingerprint density at radius 1 is 0.933 bits per heavy atom. The van der Waals surface area contributed by atoms with Crippen LogP contribution in [-0.4, -0.2) is 17.6 Å². The van der Waals surface area contributed by atoms with Gasteiger partial charge in [-0.05, 0) is 36.8 Å². The number of nitrogens with one attached hydrogen (secondary N) is 1. The molecule has 1 aromatic heterocycles. The van der Waals surface area contributed by atoms with Crippen LogP contribution >= 0.6 is 0 Å². The normalized spacial score (nSPS) is 12.1. The molecule has 0 saturated carbocycles. The van der Waals surface area contributed by atoms with E-state index in [1.807, 2.05) is 0 Å². The number of H-pyrrole nitrogens is 1. The lowest BCUT2D eigenvalue weighted by atomic mass is 10.0. The minimum Gasteiger partial charge on any atom is -0.462 e. The summed E-state index contributed by atoms with van der Waals surface area (Å²) in [5.74, 6) is -0.848. The Labute approximate surface area is 167 Å². The van der Waals surface area contributed by atoms with Crippen molar-refractivity contribution < 1.29 is 35.9 Å². The maximum atomic E-state index is 13.5. The van der Waals surface area contributed by atoms with Crippen LogP contribution < -0.4 is 0 Å². The third-order valence-corrected chi connectivity index (χ3v) is 4.34. The Bertz CT molecular complexity index is 1050. The first kappa shape index (κ1) is 21.5. The molecule has 0 aliphatic rings. The number of aromatic amines is 1. The number of halogens is 6. The van der Waals surface area contributed by atoms with Crippen LogP contribution in [0.15, 0.2) is 54.6 Å². The van der Waals surface area contributed by atoms with Gasteiger partial charge in [-0.15, -0.1) is 0 Å². The first-order valence-corrected chi connectivity index (χ1v) is 8.76. The molecule has 30 heavy (non-hydrogen) atoms. The third-order valence-electron chi connectivity index (χ3n) is 4.34. The van der Waals surface area contributed by atoms with Crippen molar-refractivity contribution >= 4 is 5.97 Å². The van der Waals surface area contributed by atoms with Gasteiger partial charge in [0.15, 0.2) is 0 Å². The summed E-state index contributed by atoms with van der Waals surface area (Å²) in [5, 5.41) is 0. The maximum absolute atomic E-state index is 13.5. The Hall–Kier alpha value is -3.23. The summed E-state index contributed by atoms with van der Waals surface area (Å²) in [6, 6.07) is 9.99. The van der Waals surface area contributed by atoms with Crippen molar-refractivity contribution in [3.8, 4) is 22.5 Å². The molecule has 2 aromatic carbocycles. The molecule has 0 radical (unpaired) electrons. The number of ether oxygens (including phenoxy) is 1. The van der Waals surface area contributed by atoms with Gasteiger partial charge < -0.3 is 9.72 Å². The van der Waals surface area contributed by atoms with Gasteiger partial charge in [-0.1, -0.05) is 30.3 Å². The van der Waals surface area contributed by atoms with Gasteiger partial charge in [-0.25, -0.2) is 4.79 Å². The summed E-state index contributed by atoms with van der Waals surface area (Å²) in [7, 11) is 0. The van der Waals surface area contributed by atoms with Crippen molar-refractivity contribution in [1.82, 2.24) is 4.98 Å². The smallest absolute Gasteiger partial charge is 0.417 e. The third kappa shape index (κ3) is 4.34. The van der Waals surface area contributed by atoms with Crippen molar-refractivity contribution in [2.75, 3.05) is 6.61 Å². The molecule has 0 atom stereocenters. The number of aromatic nitrogens is 1. The molecule has 0 saturated heterocycles. The molecule has 3 rings (SSSR count). The molecule has 0 fully saturated rings. The quantitative estimate of drug-likeness (QED) is 0.378. The molecular weight excluding hydrogens is 412 g/mol. The van der Waals surface area contributed by atoms with E-state index in [-0.39, 0.29) is 34.7 Å². The van der Waals surface area contributed by atoms with Crippen molar-refractivity contribution in [2.24, 2.45) is 0 Å². The molecule has 9 heteroatoms. The summed E-state index contributed by atoms with van der Waals surface area (Å²) in [6.07, 6.45) is -9.21. The van der Waals surface area contributed by atoms with Crippen LogP contribution in [0, 0.1) is 0 Å². The highest BCUT2D eigenvalue weighted by molar-refractivity contribution is 5.98. The number of hydrogen-bond acceptors (Lipinski definition) is 2. The van der Waals surface area contributed by atoms with Gasteiger partial charge >= 0.3 is 18.3 Å². The van der Waals surface area contributed by atoms with E-state index in [1.54, 1.807) is 6.92 Å². The molecule has 1 N–H and O–H groups in total. The molecule has 0 aliphatic carbocycles. The second-order valence-corrected chi connectivity index (χ2v) is 6.31. The highest BCUT2D eigenvalue weighted by atomic mass is 19.4. The molecule has 158 valence electrons. The molecule has 0 spiro atoms. The van der Waals surface area contributed by atoms with Gasteiger partial charge in [0, 0.05) is 11.3 Å². The van der Waals surface area contributed by atoms with Crippen molar-refractivity contribution in [2.45, 2.75) is 19.3 Å². The first-order chi connectivity index (χ1) is 14.0. The van der Waals surface area contributed by atoms with Gasteiger partial charge in [0.2, 0.25) is 0 Å². The molecule has 1 heterocycles. The first-order valence-electron chi connectivity index (χ1n) is 8.76. The zero-order valence-electron chi connectivity index (χ0n) is 15.5. The largest absolute Gasteiger partial charge is 0.462 e. The van der Waals surface area contributed by atoms with Gasteiger partial charge in [0.05, 0.1) is 29.0 Å². The lowest BCUT2D eigenvalue weighted by Gasteiger charge is -2.13. The standard InChI is InChI=1S/C21H15F6NO2/c1-2-30-19(29)15-11-17(12-7-9-13(10-8-12)20(22,23)24)28-18(15)14-5-3-4-6-16(14)21(25,26)27/h3-11,28H,2H2,1H3. The van der Waals surface area contributed by atoms with Crippen LogP contribution in [0.5, 0.6) is 0 Å². The Morgan fingerprint density at radius 2 is 1.57 bits per heavy atom. The summed E-state index contributed by atoms with van der Waals surface area (Å²) in [6.45, 7) is 1.55. The van der Waals surface area contributed by atoms with Crippen molar-refractivity contribution in [3.63, 3.8) is 0 Å². The van der Waals surface area contributed by atoms with Crippen LogP contribution in [0.25, 0.3) is 22.5 Å². The second-order valence-electron chi connectivity index (χ2n) is 6.31. The van der Waals surface area contributed by atoms with Crippen molar-refractivity contribution in [1.29, 1.82) is 0 Å². The fraction of sp³-hybridized carbons (Fsp3) is 0.190. The summed E-state index contributed by atoms with van der Waals surface area (Å²) in [5.41, 5.74) is -1.93. The Morgan fingerprint density at radius 3 is 2.13 bits per heavy atom. The van der Waals surface area contributed by atoms with E-state index >= 15 is 0 Å². The molecule has 3 aromatic rings. The number of alkyl halides is 6. The maximum Gasteiger partial charge on any atom is 0.417 e. The number of benzene rings is 2. The Balaban J connectivity index is 2.15. The van der Waals surface area contributed by atoms with Crippen molar-refractivity contribution in [3.05, 3.63) is 71.3 Å². The van der Waals surface area contributed by atoms with Gasteiger partial charge in [-0.2, -0.15) is 26.3 Å². The van der Waals surface area contributed by atoms with E-state index in [1.165, 1.54) is 36.4 Å². The number of hydrogen-bond donors (Lipinski definition) is 1. The molecular formula is C21H15F6NO2. The average molecular weight is 427 g/mol. The van der Waals surface area contributed by atoms with Gasteiger partial charge in [0.25, 0.3) is 0 Å². The SMILES string of the molecule is CCOC(=O)c1cc(-c2ccc(C(F)(F)F)cc2)[nH]c1-c1ccccc1C(F)(F)F. The van der Waals surface area contributed by atoms with Crippen LogP contribution in [0.1, 0.15) is 28.4 Å². The van der Waals surface area contributed by atoms with Gasteiger partial charge in [-0.3, -0.25) is 0 Å². The molecule has 3 nitrogen and oxygen atoms in total. The monoisotopic (exact) mass is 427 g/mol. The fourth-order valence-electron chi connectivity index (χ4n) is 2.98. The predicted octanol–water partition coefficient (Wildman–Crippen LogP) is 6.56. The van der Waals surface area contributed by atoms with Crippen LogP contribution in [0.3, 0.4) is 0 Å². The highest BCUT2D eigenvalue weighted by Crippen LogP contribution is 2.39. The summed E-state index contributed by atoms with van der Waals surface area (Å²) >= 11 is 0. The zero-order chi connectivity index (χ0) is 22.1. The van der Waals surface area contributed by atoms with E-state index < -0.39 is 29.4 Å². The minimum atomic E-state index is -4.68. The second kappa shape index (κ2) is 7.89.